The van der Waals surface area contributed by atoms with Gasteiger partial charge in [-0.1, -0.05) is 0 Å². The van der Waals surface area contributed by atoms with Crippen molar-refractivity contribution in [2.45, 2.75) is 18.6 Å². The van der Waals surface area contributed by atoms with Crippen molar-refractivity contribution in [3.05, 3.63) is 18.2 Å². The third kappa shape index (κ3) is 3.66. The molecule has 2 atom stereocenters. The van der Waals surface area contributed by atoms with E-state index in [1.807, 2.05) is 0 Å². The smallest absolute Gasteiger partial charge is 0.321 e. The number of imidazole rings is 1. The van der Waals surface area contributed by atoms with Gasteiger partial charge in [0.25, 0.3) is 0 Å². The van der Waals surface area contributed by atoms with E-state index in [0.717, 1.165) is 5.69 Å². The van der Waals surface area contributed by atoms with Crippen LogP contribution in [0.3, 0.4) is 0 Å². The predicted molar refractivity (Wildman–Crippen MR) is 53.9 cm³/mol. The molecule has 0 aliphatic heterocycles. The molecule has 0 spiro atoms. The Morgan fingerprint density at radius 1 is 1.73 bits per heavy atom. The summed E-state index contributed by atoms with van der Waals surface area (Å²) >= 11 is 0. The maximum absolute atomic E-state index is 10.9. The lowest BCUT2D eigenvalue weighted by atomic mass is 10.1. The van der Waals surface area contributed by atoms with Gasteiger partial charge in [-0.15, -0.1) is 0 Å². The number of nitrogens with two attached hydrogens (primary N) is 2. The summed E-state index contributed by atoms with van der Waals surface area (Å²) < 4.78 is 0. The van der Waals surface area contributed by atoms with Crippen LogP contribution in [0.15, 0.2) is 12.5 Å². The highest BCUT2D eigenvalue weighted by molar-refractivity contribution is 5.73. The van der Waals surface area contributed by atoms with Crippen molar-refractivity contribution in [2.75, 3.05) is 6.54 Å². The van der Waals surface area contributed by atoms with Gasteiger partial charge in [-0.2, -0.15) is 0 Å². The van der Waals surface area contributed by atoms with Crippen LogP contribution in [-0.2, 0) is 11.2 Å². The molecule has 7 heteroatoms. The third-order valence-corrected chi connectivity index (χ3v) is 1.95. The number of hydrogen-bond acceptors (Lipinski definition) is 5. The molecule has 0 aromatic carbocycles. The Morgan fingerprint density at radius 3 is 2.93 bits per heavy atom. The molecule has 0 saturated heterocycles. The Kier molecular flexibility index (Phi) is 4.22. The van der Waals surface area contributed by atoms with Gasteiger partial charge in [0.05, 0.1) is 12.5 Å². The Balaban J connectivity index is 2.55. The topological polar surface area (TPSA) is 130 Å². The molecule has 1 heterocycles. The van der Waals surface area contributed by atoms with Gasteiger partial charge in [0.2, 0.25) is 0 Å². The van der Waals surface area contributed by atoms with Crippen molar-refractivity contribution in [1.29, 1.82) is 0 Å². The number of hydrogen-bond donors (Lipinski definition) is 5. The lowest BCUT2D eigenvalue weighted by molar-refractivity contribution is -0.139. The number of rotatable bonds is 6. The Labute approximate surface area is 86.9 Å². The molecule has 1 aromatic rings. The van der Waals surface area contributed by atoms with Gasteiger partial charge in [0.15, 0.2) is 0 Å². The van der Waals surface area contributed by atoms with Crippen LogP contribution in [0.1, 0.15) is 5.69 Å². The van der Waals surface area contributed by atoms with Crippen LogP contribution < -0.4 is 16.8 Å². The number of carbonyl (C=O) groups is 1. The van der Waals surface area contributed by atoms with Gasteiger partial charge in [-0.3, -0.25) is 10.1 Å². The Bertz CT molecular complexity index is 300. The van der Waals surface area contributed by atoms with Crippen LogP contribution in [0.2, 0.25) is 0 Å². The summed E-state index contributed by atoms with van der Waals surface area (Å²) in [6.07, 6.45) is 2.85. The molecule has 1 unspecified atom stereocenters. The van der Waals surface area contributed by atoms with Crippen LogP contribution in [0.5, 0.6) is 0 Å². The fourth-order valence-electron chi connectivity index (χ4n) is 1.16. The molecule has 0 fully saturated rings. The maximum atomic E-state index is 10.9. The molecule has 7 N–H and O–H groups in total. The second-order valence-corrected chi connectivity index (χ2v) is 3.18. The summed E-state index contributed by atoms with van der Waals surface area (Å²) in [6, 6.07) is -0.760. The molecule has 1 rings (SSSR count). The van der Waals surface area contributed by atoms with Crippen molar-refractivity contribution in [2.24, 2.45) is 11.5 Å². The van der Waals surface area contributed by atoms with Crippen LogP contribution >= 0.6 is 0 Å². The van der Waals surface area contributed by atoms with E-state index in [1.54, 1.807) is 6.20 Å². The van der Waals surface area contributed by atoms with Crippen LogP contribution in [0.4, 0.5) is 0 Å². The molecule has 0 aliphatic rings. The van der Waals surface area contributed by atoms with Crippen LogP contribution in [0, 0.1) is 0 Å². The number of carboxylic acids is 1. The first kappa shape index (κ1) is 11.6. The van der Waals surface area contributed by atoms with Gasteiger partial charge in [0, 0.05) is 24.9 Å². The number of nitrogens with zero attached hydrogens (tertiary/aromatic N) is 1. The number of nitrogens with one attached hydrogen (secondary N) is 2. The largest absolute Gasteiger partial charge is 0.480 e. The van der Waals surface area contributed by atoms with Crippen molar-refractivity contribution < 1.29 is 9.90 Å². The van der Waals surface area contributed by atoms with Gasteiger partial charge >= 0.3 is 5.97 Å². The highest BCUT2D eigenvalue weighted by atomic mass is 16.4. The molecular weight excluding hydrogens is 198 g/mol. The number of aromatic amines is 1. The zero-order chi connectivity index (χ0) is 11.3. The SMILES string of the molecule is NCC(N)N[C@@H](Cc1cnc[nH]1)C(=O)O. The monoisotopic (exact) mass is 213 g/mol. The molecule has 84 valence electrons. The average molecular weight is 213 g/mol. The molecule has 0 amide bonds. The van der Waals surface area contributed by atoms with E-state index < -0.39 is 18.2 Å². The van der Waals surface area contributed by atoms with Crippen LogP contribution in [0.25, 0.3) is 0 Å². The standard InChI is InChI=1S/C8H15N5O2/c9-2-7(10)13-6(8(14)15)1-5-3-11-4-12-5/h3-4,6-7,13H,1-2,9-10H2,(H,11,12)(H,14,15)/t6-,7?/m0/s1. The van der Waals surface area contributed by atoms with Crippen molar-refractivity contribution in [1.82, 2.24) is 15.3 Å². The summed E-state index contributed by atoms with van der Waals surface area (Å²) in [5, 5.41) is 11.6. The number of aliphatic carboxylic acids is 1. The normalized spacial score (nSPS) is 14.8. The van der Waals surface area contributed by atoms with Crippen molar-refractivity contribution in [3.63, 3.8) is 0 Å². The zero-order valence-corrected chi connectivity index (χ0v) is 8.18. The lowest BCUT2D eigenvalue weighted by Gasteiger charge is -2.18. The summed E-state index contributed by atoms with van der Waals surface area (Å²) in [5.74, 6) is -0.964. The number of H-pyrrole nitrogens is 1. The third-order valence-electron chi connectivity index (χ3n) is 1.95. The van der Waals surface area contributed by atoms with E-state index in [2.05, 4.69) is 15.3 Å². The van der Waals surface area contributed by atoms with Gasteiger partial charge in [0.1, 0.15) is 6.04 Å². The predicted octanol–water partition coefficient (Wildman–Crippen LogP) is -1.76. The summed E-state index contributed by atoms with van der Waals surface area (Å²) in [4.78, 5) is 17.5. The van der Waals surface area contributed by atoms with E-state index >= 15 is 0 Å². The first-order valence-electron chi connectivity index (χ1n) is 4.55. The second-order valence-electron chi connectivity index (χ2n) is 3.18. The van der Waals surface area contributed by atoms with Gasteiger partial charge in [-0.25, -0.2) is 4.98 Å². The fourth-order valence-corrected chi connectivity index (χ4v) is 1.16. The highest BCUT2D eigenvalue weighted by Gasteiger charge is 2.20. The molecule has 0 saturated carbocycles. The minimum Gasteiger partial charge on any atom is -0.480 e. The van der Waals surface area contributed by atoms with E-state index in [0.29, 0.717) is 6.42 Å². The molecule has 0 aliphatic carbocycles. The lowest BCUT2D eigenvalue weighted by Crippen LogP contribution is -2.52. The second kappa shape index (κ2) is 5.44. The summed E-state index contributed by atoms with van der Waals surface area (Å²) in [7, 11) is 0. The summed E-state index contributed by atoms with van der Waals surface area (Å²) in [6.45, 7) is 0.187. The quantitative estimate of drug-likeness (QED) is 0.356. The minimum absolute atomic E-state index is 0.187. The van der Waals surface area contributed by atoms with Crippen molar-refractivity contribution in [3.8, 4) is 0 Å². The van der Waals surface area contributed by atoms with Crippen LogP contribution in [-0.4, -0.2) is 39.8 Å². The average Bonchev–Trinajstić information content (AvgIpc) is 2.69. The minimum atomic E-state index is -0.964. The van der Waals surface area contributed by atoms with E-state index in [-0.39, 0.29) is 6.54 Å². The summed E-state index contributed by atoms with van der Waals surface area (Å²) in [5.41, 5.74) is 11.5. The number of carboxylic acid groups (broad SMARTS) is 1. The molecule has 7 nitrogen and oxygen atoms in total. The molecule has 1 aromatic heterocycles. The molecule has 15 heavy (non-hydrogen) atoms. The van der Waals surface area contributed by atoms with Gasteiger partial charge < -0.3 is 21.6 Å². The molecule has 0 bridgehead atoms. The van der Waals surface area contributed by atoms with E-state index in [1.165, 1.54) is 6.33 Å². The Hall–Kier alpha value is -1.44. The van der Waals surface area contributed by atoms with Crippen molar-refractivity contribution >= 4 is 5.97 Å². The molecular formula is C8H15N5O2. The zero-order valence-electron chi connectivity index (χ0n) is 8.18. The fraction of sp³-hybridized carbons (Fsp3) is 0.500. The van der Waals surface area contributed by atoms with E-state index in [9.17, 15) is 4.79 Å². The molecule has 0 radical (unpaired) electrons. The Morgan fingerprint density at radius 2 is 2.47 bits per heavy atom. The first-order chi connectivity index (χ1) is 7.13. The van der Waals surface area contributed by atoms with E-state index in [4.69, 9.17) is 16.6 Å². The number of aromatic nitrogens is 2. The maximum Gasteiger partial charge on any atom is 0.321 e. The van der Waals surface area contributed by atoms with Gasteiger partial charge in [-0.05, 0) is 0 Å². The highest BCUT2D eigenvalue weighted by Crippen LogP contribution is 1.98. The first-order valence-corrected chi connectivity index (χ1v) is 4.55.